The maximum absolute atomic E-state index is 12.6. The van der Waals surface area contributed by atoms with E-state index in [1.165, 1.54) is 7.05 Å². The van der Waals surface area contributed by atoms with Crippen molar-refractivity contribution in [1.82, 2.24) is 15.3 Å². The fourth-order valence-corrected chi connectivity index (χ4v) is 0.713. The molecule has 1 rings (SSSR count). The minimum absolute atomic E-state index is 0.0154. The third kappa shape index (κ3) is 2.54. The summed E-state index contributed by atoms with van der Waals surface area (Å²) < 4.78 is 12.6. The molecule has 14 heavy (non-hydrogen) atoms. The van der Waals surface area contributed by atoms with Gasteiger partial charge in [0.2, 0.25) is 11.9 Å². The minimum atomic E-state index is -0.685. The molecule has 0 radical (unpaired) electrons. The van der Waals surface area contributed by atoms with Gasteiger partial charge in [-0.25, -0.2) is 9.37 Å². The van der Waals surface area contributed by atoms with Gasteiger partial charge in [0.1, 0.15) is 0 Å². The Morgan fingerprint density at radius 3 is 3.00 bits per heavy atom. The van der Waals surface area contributed by atoms with Crippen molar-refractivity contribution >= 4 is 17.7 Å². The molecule has 0 aromatic carbocycles. The normalized spacial score (nSPS) is 9.57. The molecule has 7 heteroatoms. The number of nitrogens with zero attached hydrogens (tertiary/aromatic N) is 2. The van der Waals surface area contributed by atoms with Crippen LogP contribution in [0.15, 0.2) is 6.20 Å². The number of rotatable bonds is 3. The zero-order valence-corrected chi connectivity index (χ0v) is 7.54. The quantitative estimate of drug-likeness (QED) is 0.601. The zero-order valence-electron chi connectivity index (χ0n) is 7.54. The van der Waals surface area contributed by atoms with E-state index in [1.807, 2.05) is 0 Å². The standard InChI is InChI=1S/C7H10FN5O/c1-10-5(14)3-12-7-11-2-4(8)6(9)13-7/h2H,3H2,1H3,(H,10,14)(H3,9,11,12,13). The summed E-state index contributed by atoms with van der Waals surface area (Å²) in [5, 5.41) is 4.98. The Morgan fingerprint density at radius 2 is 2.43 bits per heavy atom. The Labute approximate surface area is 79.7 Å². The van der Waals surface area contributed by atoms with Gasteiger partial charge >= 0.3 is 0 Å². The van der Waals surface area contributed by atoms with E-state index in [0.29, 0.717) is 0 Å². The highest BCUT2D eigenvalue weighted by Gasteiger charge is 2.03. The first-order chi connectivity index (χ1) is 6.63. The van der Waals surface area contributed by atoms with Gasteiger partial charge in [0.05, 0.1) is 12.7 Å². The van der Waals surface area contributed by atoms with Crippen molar-refractivity contribution in [1.29, 1.82) is 0 Å². The smallest absolute Gasteiger partial charge is 0.239 e. The number of nitrogens with two attached hydrogens (primary N) is 1. The molecule has 4 N–H and O–H groups in total. The van der Waals surface area contributed by atoms with Crippen LogP contribution in [0.25, 0.3) is 0 Å². The zero-order chi connectivity index (χ0) is 10.6. The predicted octanol–water partition coefficient (Wildman–Crippen LogP) is -0.644. The number of halogens is 1. The van der Waals surface area contributed by atoms with Gasteiger partial charge in [0.15, 0.2) is 11.6 Å². The topological polar surface area (TPSA) is 92.9 Å². The van der Waals surface area contributed by atoms with Crippen LogP contribution in [0.5, 0.6) is 0 Å². The van der Waals surface area contributed by atoms with E-state index in [0.717, 1.165) is 6.20 Å². The third-order valence-corrected chi connectivity index (χ3v) is 1.46. The highest BCUT2D eigenvalue weighted by molar-refractivity contribution is 5.79. The molecule has 0 aliphatic heterocycles. The van der Waals surface area contributed by atoms with Crippen molar-refractivity contribution in [2.24, 2.45) is 0 Å². The van der Waals surface area contributed by atoms with Gasteiger partial charge < -0.3 is 16.4 Å². The van der Waals surface area contributed by atoms with Crippen LogP contribution in [0.2, 0.25) is 0 Å². The second-order valence-corrected chi connectivity index (χ2v) is 2.45. The third-order valence-electron chi connectivity index (χ3n) is 1.46. The molecule has 0 fully saturated rings. The molecule has 1 amide bonds. The molecule has 0 atom stereocenters. The van der Waals surface area contributed by atoms with E-state index >= 15 is 0 Å². The Hall–Kier alpha value is -1.92. The van der Waals surface area contributed by atoms with Crippen LogP contribution < -0.4 is 16.4 Å². The van der Waals surface area contributed by atoms with E-state index < -0.39 is 5.82 Å². The molecular weight excluding hydrogens is 189 g/mol. The Morgan fingerprint density at radius 1 is 1.71 bits per heavy atom. The van der Waals surface area contributed by atoms with Crippen LogP contribution in [-0.4, -0.2) is 29.5 Å². The van der Waals surface area contributed by atoms with E-state index in [-0.39, 0.29) is 24.2 Å². The van der Waals surface area contributed by atoms with Gasteiger partial charge in [-0.3, -0.25) is 4.79 Å². The lowest BCUT2D eigenvalue weighted by atomic mass is 10.5. The number of carbonyl (C=O) groups is 1. The van der Waals surface area contributed by atoms with E-state index in [2.05, 4.69) is 20.6 Å². The molecule has 0 saturated heterocycles. The summed E-state index contributed by atoms with van der Waals surface area (Å²) in [7, 11) is 1.50. The van der Waals surface area contributed by atoms with E-state index in [9.17, 15) is 9.18 Å². The highest BCUT2D eigenvalue weighted by atomic mass is 19.1. The number of hydrogen-bond acceptors (Lipinski definition) is 5. The Bertz CT molecular complexity index is 343. The number of aromatic nitrogens is 2. The second kappa shape index (κ2) is 4.35. The van der Waals surface area contributed by atoms with Gasteiger partial charge in [-0.15, -0.1) is 0 Å². The first-order valence-corrected chi connectivity index (χ1v) is 3.86. The number of amides is 1. The van der Waals surface area contributed by atoms with E-state index in [1.54, 1.807) is 0 Å². The second-order valence-electron chi connectivity index (χ2n) is 2.45. The summed E-state index contributed by atoms with van der Waals surface area (Å²) in [5.74, 6) is -1.04. The lowest BCUT2D eigenvalue weighted by molar-refractivity contribution is -0.118. The average Bonchev–Trinajstić information content (AvgIpc) is 2.19. The van der Waals surface area contributed by atoms with Crippen molar-refractivity contribution in [3.8, 4) is 0 Å². The maximum atomic E-state index is 12.6. The molecule has 1 heterocycles. The highest BCUT2D eigenvalue weighted by Crippen LogP contribution is 2.06. The van der Waals surface area contributed by atoms with Crippen LogP contribution in [0.3, 0.4) is 0 Å². The summed E-state index contributed by atoms with van der Waals surface area (Å²) in [5.41, 5.74) is 5.19. The molecule has 0 unspecified atom stereocenters. The minimum Gasteiger partial charge on any atom is -0.381 e. The first-order valence-electron chi connectivity index (χ1n) is 3.86. The van der Waals surface area contributed by atoms with Gasteiger partial charge in [-0.05, 0) is 0 Å². The van der Waals surface area contributed by atoms with E-state index in [4.69, 9.17) is 5.73 Å². The van der Waals surface area contributed by atoms with Crippen molar-refractivity contribution in [2.45, 2.75) is 0 Å². The molecule has 6 nitrogen and oxygen atoms in total. The number of hydrogen-bond donors (Lipinski definition) is 3. The Kier molecular flexibility index (Phi) is 3.16. The summed E-state index contributed by atoms with van der Waals surface area (Å²) in [4.78, 5) is 18.0. The molecule has 1 aromatic rings. The molecule has 0 spiro atoms. The molecule has 0 saturated carbocycles. The number of anilines is 2. The van der Waals surface area contributed by atoms with Crippen LogP contribution in [0.4, 0.5) is 16.2 Å². The molecule has 0 aliphatic rings. The van der Waals surface area contributed by atoms with Crippen molar-refractivity contribution < 1.29 is 9.18 Å². The average molecular weight is 199 g/mol. The molecule has 1 aromatic heterocycles. The molecule has 76 valence electrons. The summed E-state index contributed by atoms with van der Waals surface area (Å²) >= 11 is 0. The molecular formula is C7H10FN5O. The lowest BCUT2D eigenvalue weighted by Gasteiger charge is -2.03. The van der Waals surface area contributed by atoms with Gasteiger partial charge in [0, 0.05) is 7.05 Å². The van der Waals surface area contributed by atoms with Crippen molar-refractivity contribution in [2.75, 3.05) is 24.6 Å². The maximum Gasteiger partial charge on any atom is 0.239 e. The Balaban J connectivity index is 2.60. The number of carbonyl (C=O) groups excluding carboxylic acids is 1. The van der Waals surface area contributed by atoms with Gasteiger partial charge in [-0.1, -0.05) is 0 Å². The number of likely N-dealkylation sites (N-methyl/N-ethyl adjacent to an activating group) is 1. The summed E-state index contributed by atoms with van der Waals surface area (Å²) in [6, 6.07) is 0. The SMILES string of the molecule is CNC(=O)CNc1ncc(F)c(N)n1. The molecule has 0 bridgehead atoms. The largest absolute Gasteiger partial charge is 0.381 e. The number of nitrogens with one attached hydrogen (secondary N) is 2. The van der Waals surface area contributed by atoms with Gasteiger partial charge in [-0.2, -0.15) is 4.98 Å². The van der Waals surface area contributed by atoms with Crippen LogP contribution in [0.1, 0.15) is 0 Å². The summed E-state index contributed by atoms with van der Waals surface area (Å²) in [6.45, 7) is 0.0154. The predicted molar refractivity (Wildman–Crippen MR) is 49.0 cm³/mol. The van der Waals surface area contributed by atoms with Gasteiger partial charge in [0.25, 0.3) is 0 Å². The van der Waals surface area contributed by atoms with Crippen molar-refractivity contribution in [3.05, 3.63) is 12.0 Å². The monoisotopic (exact) mass is 199 g/mol. The van der Waals surface area contributed by atoms with Crippen LogP contribution >= 0.6 is 0 Å². The van der Waals surface area contributed by atoms with Crippen LogP contribution in [0, 0.1) is 5.82 Å². The summed E-state index contributed by atoms with van der Waals surface area (Å²) in [6.07, 6.45) is 0.939. The lowest BCUT2D eigenvalue weighted by Crippen LogP contribution is -2.26. The van der Waals surface area contributed by atoms with Crippen LogP contribution in [-0.2, 0) is 4.79 Å². The van der Waals surface area contributed by atoms with Crippen molar-refractivity contribution in [3.63, 3.8) is 0 Å². The molecule has 0 aliphatic carbocycles. The fraction of sp³-hybridized carbons (Fsp3) is 0.286. The number of nitrogen functional groups attached to an aromatic ring is 1. The first kappa shape index (κ1) is 10.2. The fourth-order valence-electron chi connectivity index (χ4n) is 0.713.